The molecule has 0 aliphatic rings. The molecule has 0 bridgehead atoms. The van der Waals surface area contributed by atoms with E-state index >= 15 is 0 Å². The number of carboxylic acids is 1. The van der Waals surface area contributed by atoms with Crippen molar-refractivity contribution in [1.29, 1.82) is 0 Å². The monoisotopic (exact) mass is 267 g/mol. The highest BCUT2D eigenvalue weighted by molar-refractivity contribution is 7.12. The van der Waals surface area contributed by atoms with Crippen LogP contribution in [-0.2, 0) is 0 Å². The maximum Gasteiger partial charge on any atom is 0.345 e. The maximum absolute atomic E-state index is 10.8. The van der Waals surface area contributed by atoms with Crippen LogP contribution >= 0.6 is 22.7 Å². The van der Waals surface area contributed by atoms with E-state index in [1.807, 2.05) is 18.5 Å². The summed E-state index contributed by atoms with van der Waals surface area (Å²) in [5.41, 5.74) is 0.952. The van der Waals surface area contributed by atoms with E-state index in [0.717, 1.165) is 5.69 Å². The summed E-state index contributed by atoms with van der Waals surface area (Å²) in [4.78, 5) is 14.6. The van der Waals surface area contributed by atoms with Gasteiger partial charge in [0.2, 0.25) is 0 Å². The van der Waals surface area contributed by atoms with Crippen molar-refractivity contribution in [2.24, 2.45) is 0 Å². The van der Waals surface area contributed by atoms with E-state index in [2.05, 4.69) is 23.3 Å². The number of nitrogens with zero attached hydrogens (tertiary/aromatic N) is 1. The third-order valence-electron chi connectivity index (χ3n) is 2.74. The van der Waals surface area contributed by atoms with Gasteiger partial charge >= 0.3 is 5.97 Å². The average Bonchev–Trinajstić information content (AvgIpc) is 2.97. The van der Waals surface area contributed by atoms with Crippen LogP contribution in [0.15, 0.2) is 29.0 Å². The lowest BCUT2D eigenvalue weighted by Crippen LogP contribution is -2.20. The molecule has 0 saturated carbocycles. The summed E-state index contributed by atoms with van der Waals surface area (Å²) in [5, 5.41) is 12.8. The highest BCUT2D eigenvalue weighted by Crippen LogP contribution is 2.31. The van der Waals surface area contributed by atoms with Gasteiger partial charge in [-0.25, -0.2) is 4.79 Å². The summed E-state index contributed by atoms with van der Waals surface area (Å²) in [7, 11) is 1.98. The molecular weight excluding hydrogens is 254 g/mol. The van der Waals surface area contributed by atoms with Crippen LogP contribution in [-0.4, -0.2) is 18.1 Å². The van der Waals surface area contributed by atoms with Crippen LogP contribution in [0.1, 0.15) is 27.5 Å². The Morgan fingerprint density at radius 3 is 2.76 bits per heavy atom. The van der Waals surface area contributed by atoms with Gasteiger partial charge in [-0.1, -0.05) is 6.07 Å². The first-order valence-corrected chi connectivity index (χ1v) is 6.93. The molecule has 2 heterocycles. The van der Waals surface area contributed by atoms with Crippen molar-refractivity contribution in [3.63, 3.8) is 0 Å². The quantitative estimate of drug-likeness (QED) is 0.918. The van der Waals surface area contributed by atoms with Gasteiger partial charge in [0, 0.05) is 23.0 Å². The van der Waals surface area contributed by atoms with Crippen molar-refractivity contribution in [2.75, 3.05) is 11.9 Å². The van der Waals surface area contributed by atoms with Crippen molar-refractivity contribution in [3.8, 4) is 0 Å². The molecule has 3 nitrogen and oxygen atoms in total. The number of thiophene rings is 2. The Kier molecular flexibility index (Phi) is 3.49. The predicted molar refractivity (Wildman–Crippen MR) is 72.4 cm³/mol. The molecule has 0 radical (unpaired) electrons. The minimum Gasteiger partial charge on any atom is -0.477 e. The Labute approximate surface area is 108 Å². The molecule has 90 valence electrons. The molecule has 0 aromatic carbocycles. The van der Waals surface area contributed by atoms with Gasteiger partial charge in [-0.05, 0) is 24.4 Å². The Hall–Kier alpha value is -1.33. The second-order valence-electron chi connectivity index (χ2n) is 3.78. The minimum atomic E-state index is -0.863. The number of carboxylic acid groups (broad SMARTS) is 1. The number of hydrogen-bond acceptors (Lipinski definition) is 4. The fraction of sp³-hybridized carbons (Fsp3) is 0.250. The lowest BCUT2D eigenvalue weighted by atomic mass is 10.2. The normalized spacial score (nSPS) is 12.4. The Morgan fingerprint density at radius 1 is 1.47 bits per heavy atom. The second kappa shape index (κ2) is 4.89. The number of anilines is 1. The topological polar surface area (TPSA) is 40.5 Å². The lowest BCUT2D eigenvalue weighted by molar-refractivity contribution is 0.0702. The van der Waals surface area contributed by atoms with Crippen LogP contribution in [0.5, 0.6) is 0 Å². The number of carbonyl (C=O) groups is 1. The predicted octanol–water partition coefficient (Wildman–Crippen LogP) is 3.71. The lowest BCUT2D eigenvalue weighted by Gasteiger charge is -2.24. The molecule has 2 aromatic heterocycles. The first-order chi connectivity index (χ1) is 8.09. The molecule has 2 aromatic rings. The van der Waals surface area contributed by atoms with E-state index in [9.17, 15) is 4.79 Å². The van der Waals surface area contributed by atoms with E-state index in [1.54, 1.807) is 17.4 Å². The minimum absolute atomic E-state index is 0.256. The van der Waals surface area contributed by atoms with E-state index in [-0.39, 0.29) is 6.04 Å². The highest BCUT2D eigenvalue weighted by atomic mass is 32.1. The summed E-state index contributed by atoms with van der Waals surface area (Å²) in [5.74, 6) is -0.863. The molecule has 0 spiro atoms. The van der Waals surface area contributed by atoms with Crippen LogP contribution in [0.2, 0.25) is 0 Å². The molecule has 1 N–H and O–H groups in total. The van der Waals surface area contributed by atoms with E-state index in [0.29, 0.717) is 4.88 Å². The molecular formula is C12H13NO2S2. The molecule has 1 unspecified atom stereocenters. The van der Waals surface area contributed by atoms with Gasteiger partial charge in [0.05, 0.1) is 6.04 Å². The van der Waals surface area contributed by atoms with Crippen LogP contribution in [0.3, 0.4) is 0 Å². The fourth-order valence-corrected chi connectivity index (χ4v) is 3.16. The smallest absolute Gasteiger partial charge is 0.345 e. The number of aromatic carboxylic acids is 1. The standard InChI is InChI=1S/C12H13NO2S2/c1-8(10-4-3-5-16-10)13(2)9-6-11(12(14)15)17-7-9/h3-8H,1-2H3,(H,14,15). The van der Waals surface area contributed by atoms with Gasteiger partial charge < -0.3 is 10.0 Å². The van der Waals surface area contributed by atoms with Crippen LogP contribution in [0.25, 0.3) is 0 Å². The van der Waals surface area contributed by atoms with E-state index < -0.39 is 5.97 Å². The summed E-state index contributed by atoms with van der Waals surface area (Å²) in [6.07, 6.45) is 0. The molecule has 0 saturated heterocycles. The highest BCUT2D eigenvalue weighted by Gasteiger charge is 2.16. The first kappa shape index (κ1) is 12.1. The average molecular weight is 267 g/mol. The van der Waals surface area contributed by atoms with Crippen molar-refractivity contribution < 1.29 is 9.90 Å². The molecule has 2 rings (SSSR count). The molecule has 0 fully saturated rings. The Morgan fingerprint density at radius 2 is 2.24 bits per heavy atom. The third-order valence-corrected chi connectivity index (χ3v) is 4.69. The summed E-state index contributed by atoms with van der Waals surface area (Å²) < 4.78 is 0. The maximum atomic E-state index is 10.8. The van der Waals surface area contributed by atoms with Gasteiger partial charge in [0.1, 0.15) is 4.88 Å². The Bertz CT molecular complexity index is 504. The molecule has 1 atom stereocenters. The number of hydrogen-bond donors (Lipinski definition) is 1. The molecule has 0 aliphatic heterocycles. The van der Waals surface area contributed by atoms with E-state index in [4.69, 9.17) is 5.11 Å². The molecule has 17 heavy (non-hydrogen) atoms. The van der Waals surface area contributed by atoms with Crippen LogP contribution < -0.4 is 4.90 Å². The fourth-order valence-electron chi connectivity index (χ4n) is 1.57. The van der Waals surface area contributed by atoms with Crippen molar-refractivity contribution >= 4 is 34.3 Å². The molecule has 0 aliphatic carbocycles. The van der Waals surface area contributed by atoms with Gasteiger partial charge in [-0.2, -0.15) is 0 Å². The van der Waals surface area contributed by atoms with Crippen molar-refractivity contribution in [1.82, 2.24) is 0 Å². The summed E-state index contributed by atoms with van der Waals surface area (Å²) in [6.45, 7) is 2.12. The van der Waals surface area contributed by atoms with Gasteiger partial charge in [-0.15, -0.1) is 22.7 Å². The summed E-state index contributed by atoms with van der Waals surface area (Å²) in [6, 6.07) is 6.10. The largest absolute Gasteiger partial charge is 0.477 e. The van der Waals surface area contributed by atoms with Crippen LogP contribution in [0, 0.1) is 0 Å². The first-order valence-electron chi connectivity index (χ1n) is 5.17. The van der Waals surface area contributed by atoms with E-state index in [1.165, 1.54) is 16.2 Å². The third kappa shape index (κ3) is 2.50. The van der Waals surface area contributed by atoms with Crippen LogP contribution in [0.4, 0.5) is 5.69 Å². The second-order valence-corrected chi connectivity index (χ2v) is 5.67. The van der Waals surface area contributed by atoms with Crippen molar-refractivity contribution in [2.45, 2.75) is 13.0 Å². The molecule has 0 amide bonds. The van der Waals surface area contributed by atoms with Gasteiger partial charge in [0.15, 0.2) is 0 Å². The van der Waals surface area contributed by atoms with Gasteiger partial charge in [0.25, 0.3) is 0 Å². The zero-order valence-corrected chi connectivity index (χ0v) is 11.2. The molecule has 5 heteroatoms. The zero-order chi connectivity index (χ0) is 12.4. The Balaban J connectivity index is 2.19. The zero-order valence-electron chi connectivity index (χ0n) is 9.58. The van der Waals surface area contributed by atoms with Crippen molar-refractivity contribution in [3.05, 3.63) is 38.7 Å². The summed E-state index contributed by atoms with van der Waals surface area (Å²) >= 11 is 2.98. The number of rotatable bonds is 4. The SMILES string of the molecule is CC(c1cccs1)N(C)c1csc(C(=O)O)c1. The van der Waals surface area contributed by atoms with Gasteiger partial charge in [-0.3, -0.25) is 0 Å².